The van der Waals surface area contributed by atoms with E-state index in [0.717, 1.165) is 12.7 Å². The first-order chi connectivity index (χ1) is 5.85. The Balaban J connectivity index is 0.000000354. The fraction of sp³-hybridized carbons (Fsp3) is 0.545. The molecule has 0 aliphatic heterocycles. The molecule has 1 aliphatic rings. The SMILES string of the molecule is C=CC.O=CCC1=CCCCC1. The minimum Gasteiger partial charge on any atom is -0.303 e. The lowest BCUT2D eigenvalue weighted by molar-refractivity contribution is -0.107. The van der Waals surface area contributed by atoms with Crippen molar-refractivity contribution in [3.05, 3.63) is 24.3 Å². The van der Waals surface area contributed by atoms with Gasteiger partial charge in [-0.1, -0.05) is 17.7 Å². The van der Waals surface area contributed by atoms with Crippen molar-refractivity contribution in [2.24, 2.45) is 0 Å². The van der Waals surface area contributed by atoms with Crippen LogP contribution in [0.5, 0.6) is 0 Å². The third kappa shape index (κ3) is 5.90. The lowest BCUT2D eigenvalue weighted by atomic mass is 9.98. The Morgan fingerprint density at radius 1 is 1.58 bits per heavy atom. The second-order valence-electron chi connectivity index (χ2n) is 2.89. The monoisotopic (exact) mass is 166 g/mol. The van der Waals surface area contributed by atoms with Gasteiger partial charge in [-0.05, 0) is 32.6 Å². The van der Waals surface area contributed by atoms with Gasteiger partial charge in [0.25, 0.3) is 0 Å². The molecule has 1 nitrogen and oxygen atoms in total. The van der Waals surface area contributed by atoms with Crippen molar-refractivity contribution in [2.75, 3.05) is 0 Å². The van der Waals surface area contributed by atoms with Crippen LogP contribution in [0.3, 0.4) is 0 Å². The molecule has 0 bridgehead atoms. The van der Waals surface area contributed by atoms with Gasteiger partial charge in [0, 0.05) is 6.42 Å². The number of carbonyl (C=O) groups excluding carboxylic acids is 1. The van der Waals surface area contributed by atoms with Crippen molar-refractivity contribution in [2.45, 2.75) is 39.0 Å². The second-order valence-corrected chi connectivity index (χ2v) is 2.89. The molecule has 1 heteroatoms. The lowest BCUT2D eigenvalue weighted by Crippen LogP contribution is -1.91. The summed E-state index contributed by atoms with van der Waals surface area (Å²) in [5.74, 6) is 0. The molecule has 12 heavy (non-hydrogen) atoms. The zero-order valence-electron chi connectivity index (χ0n) is 7.88. The van der Waals surface area contributed by atoms with Crippen LogP contribution in [0.15, 0.2) is 24.3 Å². The smallest absolute Gasteiger partial charge is 0.124 e. The summed E-state index contributed by atoms with van der Waals surface area (Å²) in [7, 11) is 0. The average Bonchev–Trinajstić information content (AvgIpc) is 2.08. The summed E-state index contributed by atoms with van der Waals surface area (Å²) >= 11 is 0. The fourth-order valence-corrected chi connectivity index (χ4v) is 1.20. The highest BCUT2D eigenvalue weighted by molar-refractivity contribution is 5.54. The summed E-state index contributed by atoms with van der Waals surface area (Å²) in [6.45, 7) is 5.25. The molecule has 0 N–H and O–H groups in total. The molecule has 0 spiro atoms. The van der Waals surface area contributed by atoms with Crippen LogP contribution in [0, 0.1) is 0 Å². The van der Waals surface area contributed by atoms with E-state index >= 15 is 0 Å². The van der Waals surface area contributed by atoms with E-state index in [-0.39, 0.29) is 0 Å². The molecule has 0 amide bonds. The summed E-state index contributed by atoms with van der Waals surface area (Å²) in [6.07, 6.45) is 10.5. The standard InChI is InChI=1S/C8H12O.C3H6/c9-7-6-8-4-2-1-3-5-8;1-3-2/h4,7H,1-3,5-6H2;3H,1H2,2H3. The molecule has 0 atom stereocenters. The third-order valence-corrected chi connectivity index (χ3v) is 1.73. The summed E-state index contributed by atoms with van der Waals surface area (Å²) in [4.78, 5) is 10.0. The molecule has 0 saturated carbocycles. The first-order valence-electron chi connectivity index (χ1n) is 4.53. The Labute approximate surface area is 75.2 Å². The van der Waals surface area contributed by atoms with Crippen LogP contribution in [-0.2, 0) is 4.79 Å². The Hall–Kier alpha value is -0.850. The zero-order chi connectivity index (χ0) is 9.23. The predicted octanol–water partition coefficient (Wildman–Crippen LogP) is 3.27. The fourth-order valence-electron chi connectivity index (χ4n) is 1.20. The molecule has 1 rings (SSSR count). The summed E-state index contributed by atoms with van der Waals surface area (Å²) in [6, 6.07) is 0. The van der Waals surface area contributed by atoms with Crippen LogP contribution in [-0.4, -0.2) is 6.29 Å². The van der Waals surface area contributed by atoms with E-state index < -0.39 is 0 Å². The number of hydrogen-bond acceptors (Lipinski definition) is 1. The summed E-state index contributed by atoms with van der Waals surface area (Å²) in [5.41, 5.74) is 1.34. The van der Waals surface area contributed by atoms with E-state index in [0.29, 0.717) is 6.42 Å². The molecule has 0 unspecified atom stereocenters. The highest BCUT2D eigenvalue weighted by Gasteiger charge is 2.00. The van der Waals surface area contributed by atoms with Crippen LogP contribution in [0.1, 0.15) is 39.0 Å². The third-order valence-electron chi connectivity index (χ3n) is 1.73. The number of allylic oxidation sites excluding steroid dienone is 3. The minimum atomic E-state index is 0.667. The van der Waals surface area contributed by atoms with E-state index in [1.54, 1.807) is 6.08 Å². The van der Waals surface area contributed by atoms with Crippen molar-refractivity contribution >= 4 is 6.29 Å². The molecule has 0 fully saturated rings. The van der Waals surface area contributed by atoms with Crippen LogP contribution < -0.4 is 0 Å². The van der Waals surface area contributed by atoms with E-state index in [1.807, 2.05) is 6.92 Å². The van der Waals surface area contributed by atoms with Crippen molar-refractivity contribution in [1.29, 1.82) is 0 Å². The van der Waals surface area contributed by atoms with Crippen LogP contribution in [0.4, 0.5) is 0 Å². The minimum absolute atomic E-state index is 0.667. The topological polar surface area (TPSA) is 17.1 Å². The maximum atomic E-state index is 10.0. The normalized spacial score (nSPS) is 15.2. The molecule has 0 radical (unpaired) electrons. The molecule has 1 aliphatic carbocycles. The van der Waals surface area contributed by atoms with Crippen molar-refractivity contribution < 1.29 is 4.79 Å². The number of aldehydes is 1. The van der Waals surface area contributed by atoms with Crippen molar-refractivity contribution in [3.63, 3.8) is 0 Å². The Morgan fingerprint density at radius 3 is 2.67 bits per heavy atom. The largest absolute Gasteiger partial charge is 0.303 e. The van der Waals surface area contributed by atoms with Crippen molar-refractivity contribution in [1.82, 2.24) is 0 Å². The molecule has 0 heterocycles. The van der Waals surface area contributed by atoms with E-state index in [2.05, 4.69) is 12.7 Å². The Morgan fingerprint density at radius 2 is 2.25 bits per heavy atom. The lowest BCUT2D eigenvalue weighted by Gasteiger charge is -2.08. The van der Waals surface area contributed by atoms with Gasteiger partial charge in [0.1, 0.15) is 6.29 Å². The predicted molar refractivity (Wildman–Crippen MR) is 53.1 cm³/mol. The van der Waals surface area contributed by atoms with Gasteiger partial charge in [-0.25, -0.2) is 0 Å². The van der Waals surface area contributed by atoms with Gasteiger partial charge in [-0.2, -0.15) is 0 Å². The highest BCUT2D eigenvalue weighted by atomic mass is 16.1. The van der Waals surface area contributed by atoms with Gasteiger partial charge in [0.15, 0.2) is 0 Å². The quantitative estimate of drug-likeness (QED) is 0.454. The highest BCUT2D eigenvalue weighted by Crippen LogP contribution is 2.18. The molecular weight excluding hydrogens is 148 g/mol. The van der Waals surface area contributed by atoms with Gasteiger partial charge in [-0.3, -0.25) is 0 Å². The number of hydrogen-bond donors (Lipinski definition) is 0. The van der Waals surface area contributed by atoms with Gasteiger partial charge >= 0.3 is 0 Å². The van der Waals surface area contributed by atoms with Gasteiger partial charge < -0.3 is 4.79 Å². The average molecular weight is 166 g/mol. The van der Waals surface area contributed by atoms with Gasteiger partial charge in [0.05, 0.1) is 0 Å². The maximum Gasteiger partial charge on any atom is 0.124 e. The number of carbonyl (C=O) groups is 1. The van der Waals surface area contributed by atoms with Crippen molar-refractivity contribution in [3.8, 4) is 0 Å². The molecular formula is C11H18O. The van der Waals surface area contributed by atoms with Crippen LogP contribution in [0.25, 0.3) is 0 Å². The van der Waals surface area contributed by atoms with Gasteiger partial charge in [-0.15, -0.1) is 6.58 Å². The molecule has 0 aromatic carbocycles. The Kier molecular flexibility index (Phi) is 7.66. The zero-order valence-corrected chi connectivity index (χ0v) is 7.88. The molecule has 0 aromatic rings. The molecule has 0 saturated heterocycles. The first kappa shape index (κ1) is 11.2. The number of rotatable bonds is 2. The van der Waals surface area contributed by atoms with E-state index in [1.165, 1.54) is 24.8 Å². The first-order valence-corrected chi connectivity index (χ1v) is 4.53. The van der Waals surface area contributed by atoms with Crippen LogP contribution >= 0.6 is 0 Å². The Bertz CT molecular complexity index is 156. The summed E-state index contributed by atoms with van der Waals surface area (Å²) in [5, 5.41) is 0. The van der Waals surface area contributed by atoms with Crippen LogP contribution in [0.2, 0.25) is 0 Å². The maximum absolute atomic E-state index is 10.0. The van der Waals surface area contributed by atoms with Gasteiger partial charge in [0.2, 0.25) is 0 Å². The van der Waals surface area contributed by atoms with E-state index in [4.69, 9.17) is 0 Å². The van der Waals surface area contributed by atoms with E-state index in [9.17, 15) is 4.79 Å². The summed E-state index contributed by atoms with van der Waals surface area (Å²) < 4.78 is 0. The molecule has 68 valence electrons. The molecule has 0 aromatic heterocycles. The second kappa shape index (κ2) is 8.25.